The number of ether oxygens (including phenoxy) is 1. The minimum Gasteiger partial charge on any atom is -0.371 e. The summed E-state index contributed by atoms with van der Waals surface area (Å²) in [5.41, 5.74) is 2.63. The van der Waals surface area contributed by atoms with E-state index < -0.39 is 0 Å². The lowest BCUT2D eigenvalue weighted by atomic mass is 10.0. The highest BCUT2D eigenvalue weighted by Gasteiger charge is 2.14. The lowest BCUT2D eigenvalue weighted by molar-refractivity contribution is 0.0277. The van der Waals surface area contributed by atoms with E-state index in [2.05, 4.69) is 48.7 Å². The lowest BCUT2D eigenvalue weighted by Crippen LogP contribution is -2.33. The molecule has 1 N–H and O–H groups in total. The molecule has 86 valence electrons. The molecule has 0 aromatic heterocycles. The first-order chi connectivity index (χ1) is 7.90. The fourth-order valence-electron chi connectivity index (χ4n) is 1.90. The third kappa shape index (κ3) is 2.94. The van der Waals surface area contributed by atoms with Crippen molar-refractivity contribution in [1.29, 1.82) is 0 Å². The zero-order valence-electron chi connectivity index (χ0n) is 9.78. The van der Waals surface area contributed by atoms with Crippen LogP contribution < -0.4 is 5.32 Å². The van der Waals surface area contributed by atoms with E-state index in [1.54, 1.807) is 0 Å². The van der Waals surface area contributed by atoms with E-state index in [4.69, 9.17) is 4.74 Å². The van der Waals surface area contributed by atoms with E-state index in [1.165, 1.54) is 11.1 Å². The average molecular weight is 217 g/mol. The van der Waals surface area contributed by atoms with Gasteiger partial charge in [0.25, 0.3) is 0 Å². The highest BCUT2D eigenvalue weighted by atomic mass is 16.5. The van der Waals surface area contributed by atoms with Gasteiger partial charge < -0.3 is 10.1 Å². The Morgan fingerprint density at radius 1 is 1.38 bits per heavy atom. The normalized spacial score (nSPS) is 21.4. The first kappa shape index (κ1) is 11.4. The van der Waals surface area contributed by atoms with E-state index >= 15 is 0 Å². The molecule has 0 aliphatic carbocycles. The van der Waals surface area contributed by atoms with E-state index in [0.717, 1.165) is 26.1 Å². The van der Waals surface area contributed by atoms with Crippen LogP contribution in [0.3, 0.4) is 0 Å². The van der Waals surface area contributed by atoms with Gasteiger partial charge in [-0.05, 0) is 24.5 Å². The summed E-state index contributed by atoms with van der Waals surface area (Å²) in [4.78, 5) is 0. The van der Waals surface area contributed by atoms with Crippen molar-refractivity contribution in [2.75, 3.05) is 19.7 Å². The molecule has 1 atom stereocenters. The molecular weight excluding hydrogens is 198 g/mol. The molecule has 0 amide bonds. The number of nitrogens with one attached hydrogen (secondary N) is 1. The zero-order chi connectivity index (χ0) is 11.2. The van der Waals surface area contributed by atoms with E-state index in [9.17, 15) is 0 Å². The van der Waals surface area contributed by atoms with Crippen LogP contribution in [0.25, 0.3) is 0 Å². The second kappa shape index (κ2) is 5.83. The van der Waals surface area contributed by atoms with Crippen LogP contribution in [-0.4, -0.2) is 19.7 Å². The SMILES string of the molecule is CC=CCc1ccc(C2CNCCO2)cc1. The molecular formula is C14H19NO. The Balaban J connectivity index is 2.00. The molecule has 1 unspecified atom stereocenters. The number of hydrogen-bond acceptors (Lipinski definition) is 2. The Bertz CT molecular complexity index is 336. The monoisotopic (exact) mass is 217 g/mol. The van der Waals surface area contributed by atoms with Crippen molar-refractivity contribution >= 4 is 0 Å². The third-order valence-electron chi connectivity index (χ3n) is 2.87. The van der Waals surface area contributed by atoms with Gasteiger partial charge in [-0.1, -0.05) is 36.4 Å². The standard InChI is InChI=1S/C14H19NO/c1-2-3-4-12-5-7-13(8-6-12)14-11-15-9-10-16-14/h2-3,5-8,14-15H,4,9-11H2,1H3. The Labute approximate surface area is 97.3 Å². The quantitative estimate of drug-likeness (QED) is 0.785. The molecule has 1 aliphatic rings. The van der Waals surface area contributed by atoms with Crippen LogP contribution >= 0.6 is 0 Å². The van der Waals surface area contributed by atoms with Gasteiger partial charge in [-0.3, -0.25) is 0 Å². The molecule has 1 saturated heterocycles. The Morgan fingerprint density at radius 2 is 2.19 bits per heavy atom. The highest BCUT2D eigenvalue weighted by molar-refractivity contribution is 5.26. The molecule has 0 spiro atoms. The smallest absolute Gasteiger partial charge is 0.0949 e. The van der Waals surface area contributed by atoms with Crippen molar-refractivity contribution in [3.63, 3.8) is 0 Å². The topological polar surface area (TPSA) is 21.3 Å². The van der Waals surface area contributed by atoms with E-state index in [1.807, 2.05) is 0 Å². The molecule has 1 aliphatic heterocycles. The second-order valence-electron chi connectivity index (χ2n) is 4.08. The molecule has 2 nitrogen and oxygen atoms in total. The summed E-state index contributed by atoms with van der Waals surface area (Å²) >= 11 is 0. The lowest BCUT2D eigenvalue weighted by Gasteiger charge is -2.24. The van der Waals surface area contributed by atoms with Crippen molar-refractivity contribution in [1.82, 2.24) is 5.32 Å². The number of allylic oxidation sites excluding steroid dienone is 2. The molecule has 16 heavy (non-hydrogen) atoms. The van der Waals surface area contributed by atoms with E-state index in [0.29, 0.717) is 0 Å². The Kier molecular flexibility index (Phi) is 4.14. The van der Waals surface area contributed by atoms with Crippen LogP contribution in [0.1, 0.15) is 24.2 Å². The van der Waals surface area contributed by atoms with Crippen LogP contribution in [0.5, 0.6) is 0 Å². The van der Waals surface area contributed by atoms with Crippen LogP contribution in [0.2, 0.25) is 0 Å². The predicted octanol–water partition coefficient (Wildman–Crippen LogP) is 2.47. The molecule has 1 fully saturated rings. The van der Waals surface area contributed by atoms with Crippen molar-refractivity contribution in [3.8, 4) is 0 Å². The molecule has 0 radical (unpaired) electrons. The van der Waals surface area contributed by atoms with Gasteiger partial charge in [-0.15, -0.1) is 0 Å². The summed E-state index contributed by atoms with van der Waals surface area (Å²) in [5.74, 6) is 0. The summed E-state index contributed by atoms with van der Waals surface area (Å²) in [7, 11) is 0. The summed E-state index contributed by atoms with van der Waals surface area (Å²) in [6.07, 6.45) is 5.50. The van der Waals surface area contributed by atoms with Crippen molar-refractivity contribution < 1.29 is 4.74 Å². The first-order valence-electron chi connectivity index (χ1n) is 5.92. The average Bonchev–Trinajstić information content (AvgIpc) is 2.38. The summed E-state index contributed by atoms with van der Waals surface area (Å²) in [6.45, 7) is 4.75. The molecule has 1 heterocycles. The van der Waals surface area contributed by atoms with Crippen molar-refractivity contribution in [3.05, 3.63) is 47.5 Å². The molecule has 0 saturated carbocycles. The number of hydrogen-bond donors (Lipinski definition) is 1. The minimum atomic E-state index is 0.226. The number of rotatable bonds is 3. The van der Waals surface area contributed by atoms with Gasteiger partial charge in [0.1, 0.15) is 0 Å². The van der Waals surface area contributed by atoms with Crippen molar-refractivity contribution in [2.24, 2.45) is 0 Å². The molecule has 2 rings (SSSR count). The molecule has 1 aromatic rings. The predicted molar refractivity (Wildman–Crippen MR) is 66.5 cm³/mol. The third-order valence-corrected chi connectivity index (χ3v) is 2.87. The van der Waals surface area contributed by atoms with Crippen LogP contribution in [0.15, 0.2) is 36.4 Å². The highest BCUT2D eigenvalue weighted by Crippen LogP contribution is 2.19. The maximum atomic E-state index is 5.71. The summed E-state index contributed by atoms with van der Waals surface area (Å²) in [6, 6.07) is 8.73. The van der Waals surface area contributed by atoms with Gasteiger partial charge in [0.15, 0.2) is 0 Å². The van der Waals surface area contributed by atoms with Gasteiger partial charge in [-0.2, -0.15) is 0 Å². The fourth-order valence-corrected chi connectivity index (χ4v) is 1.90. The summed E-state index contributed by atoms with van der Waals surface area (Å²) in [5, 5.41) is 3.35. The zero-order valence-corrected chi connectivity index (χ0v) is 9.78. The Hall–Kier alpha value is -1.12. The summed E-state index contributed by atoms with van der Waals surface area (Å²) < 4.78 is 5.71. The van der Waals surface area contributed by atoms with Gasteiger partial charge in [-0.25, -0.2) is 0 Å². The molecule has 2 heteroatoms. The fraction of sp³-hybridized carbons (Fsp3) is 0.429. The van der Waals surface area contributed by atoms with Crippen molar-refractivity contribution in [2.45, 2.75) is 19.4 Å². The van der Waals surface area contributed by atoms with Crippen LogP contribution in [0.4, 0.5) is 0 Å². The van der Waals surface area contributed by atoms with Crippen LogP contribution in [0, 0.1) is 0 Å². The van der Waals surface area contributed by atoms with Gasteiger partial charge in [0, 0.05) is 13.1 Å². The minimum absolute atomic E-state index is 0.226. The number of morpholine rings is 1. The second-order valence-corrected chi connectivity index (χ2v) is 4.08. The first-order valence-corrected chi connectivity index (χ1v) is 5.92. The molecule has 1 aromatic carbocycles. The van der Waals surface area contributed by atoms with E-state index in [-0.39, 0.29) is 6.10 Å². The van der Waals surface area contributed by atoms with Gasteiger partial charge in [0.05, 0.1) is 12.7 Å². The Morgan fingerprint density at radius 3 is 2.81 bits per heavy atom. The van der Waals surface area contributed by atoms with Gasteiger partial charge >= 0.3 is 0 Å². The van der Waals surface area contributed by atoms with Gasteiger partial charge in [0.2, 0.25) is 0 Å². The molecule has 0 bridgehead atoms. The maximum Gasteiger partial charge on any atom is 0.0949 e. The largest absolute Gasteiger partial charge is 0.371 e. The van der Waals surface area contributed by atoms with Crippen LogP contribution in [-0.2, 0) is 11.2 Å². The maximum absolute atomic E-state index is 5.71. The number of benzene rings is 1.